The van der Waals surface area contributed by atoms with Crippen molar-refractivity contribution in [1.29, 1.82) is 0 Å². The molecule has 7 heteroatoms. The molecule has 0 atom stereocenters. The van der Waals surface area contributed by atoms with E-state index in [2.05, 4.69) is 36.4 Å². The number of carbonyl (C=O) groups is 1. The highest BCUT2D eigenvalue weighted by Gasteiger charge is 2.12. The van der Waals surface area contributed by atoms with Crippen LogP contribution in [0.4, 0.5) is 10.5 Å². The molecule has 3 rings (SSSR count). The predicted molar refractivity (Wildman–Crippen MR) is 101 cm³/mol. The van der Waals surface area contributed by atoms with Crippen LogP contribution in [0.5, 0.6) is 0 Å². The van der Waals surface area contributed by atoms with Crippen molar-refractivity contribution in [1.82, 2.24) is 20.1 Å². The Kier molecular flexibility index (Phi) is 5.14. The summed E-state index contributed by atoms with van der Waals surface area (Å²) in [6.07, 6.45) is 0. The highest BCUT2D eigenvalue weighted by atomic mass is 79.9. The molecular formula is C18H18BrN5O. The van der Waals surface area contributed by atoms with Crippen LogP contribution in [-0.2, 0) is 6.54 Å². The van der Waals surface area contributed by atoms with E-state index >= 15 is 0 Å². The maximum absolute atomic E-state index is 12.4. The van der Waals surface area contributed by atoms with Crippen molar-refractivity contribution in [3.05, 3.63) is 64.4 Å². The van der Waals surface area contributed by atoms with Crippen LogP contribution in [0.2, 0.25) is 0 Å². The Hall–Kier alpha value is -2.67. The summed E-state index contributed by atoms with van der Waals surface area (Å²) < 4.78 is 0.983. The fourth-order valence-corrected chi connectivity index (χ4v) is 2.79. The third-order valence-corrected chi connectivity index (χ3v) is 4.45. The minimum absolute atomic E-state index is 0.181. The second kappa shape index (κ2) is 7.48. The Labute approximate surface area is 154 Å². The zero-order valence-electron chi connectivity index (χ0n) is 14.0. The van der Waals surface area contributed by atoms with Crippen LogP contribution >= 0.6 is 15.9 Å². The van der Waals surface area contributed by atoms with Crippen molar-refractivity contribution in [3.8, 4) is 11.4 Å². The van der Waals surface area contributed by atoms with E-state index in [1.165, 1.54) is 0 Å². The summed E-state index contributed by atoms with van der Waals surface area (Å²) >= 11 is 3.50. The lowest BCUT2D eigenvalue weighted by atomic mass is 10.2. The zero-order chi connectivity index (χ0) is 17.8. The Balaban J connectivity index is 1.69. The fourth-order valence-electron chi connectivity index (χ4n) is 2.38. The van der Waals surface area contributed by atoms with Gasteiger partial charge in [0.05, 0.1) is 0 Å². The van der Waals surface area contributed by atoms with Gasteiger partial charge in [0.25, 0.3) is 0 Å². The standard InChI is InChI=1S/C18H18BrN5O/c1-12-20-17(23-22-12)13-7-5-8-15(10-13)21-18(25)24(2)11-14-6-3-4-9-16(14)19/h3-10H,11H2,1-2H3,(H,21,25)(H,20,22,23). The van der Waals surface area contributed by atoms with Gasteiger partial charge in [0.15, 0.2) is 5.82 Å². The number of hydrogen-bond donors (Lipinski definition) is 2. The van der Waals surface area contributed by atoms with Gasteiger partial charge in [-0.2, -0.15) is 5.10 Å². The molecule has 0 bridgehead atoms. The number of amides is 2. The van der Waals surface area contributed by atoms with E-state index in [1.54, 1.807) is 11.9 Å². The number of aromatic amines is 1. The number of rotatable bonds is 4. The van der Waals surface area contributed by atoms with Gasteiger partial charge in [-0.25, -0.2) is 9.78 Å². The lowest BCUT2D eigenvalue weighted by molar-refractivity contribution is 0.220. The van der Waals surface area contributed by atoms with Gasteiger partial charge in [0.2, 0.25) is 0 Å². The maximum atomic E-state index is 12.4. The Morgan fingerprint density at radius 3 is 2.76 bits per heavy atom. The van der Waals surface area contributed by atoms with Gasteiger partial charge in [-0.05, 0) is 30.7 Å². The van der Waals surface area contributed by atoms with Gasteiger partial charge in [0, 0.05) is 29.3 Å². The number of carbonyl (C=O) groups excluding carboxylic acids is 1. The quantitative estimate of drug-likeness (QED) is 0.689. The van der Waals surface area contributed by atoms with Crippen LogP contribution in [-0.4, -0.2) is 33.2 Å². The largest absolute Gasteiger partial charge is 0.323 e. The first-order valence-corrected chi connectivity index (χ1v) is 8.57. The minimum Gasteiger partial charge on any atom is -0.323 e. The number of benzene rings is 2. The van der Waals surface area contributed by atoms with E-state index in [0.29, 0.717) is 18.1 Å². The van der Waals surface area contributed by atoms with E-state index in [9.17, 15) is 4.79 Å². The fraction of sp³-hybridized carbons (Fsp3) is 0.167. The first kappa shape index (κ1) is 17.2. The molecule has 0 aliphatic rings. The SMILES string of the molecule is Cc1nc(-c2cccc(NC(=O)N(C)Cc3ccccc3Br)c2)n[nH]1. The summed E-state index contributed by atoms with van der Waals surface area (Å²) in [4.78, 5) is 18.4. The van der Waals surface area contributed by atoms with Crippen LogP contribution in [0, 0.1) is 6.92 Å². The molecule has 2 aromatic carbocycles. The molecule has 2 amide bonds. The number of anilines is 1. The Morgan fingerprint density at radius 2 is 2.04 bits per heavy atom. The second-order valence-corrected chi connectivity index (χ2v) is 6.56. The normalized spacial score (nSPS) is 10.5. The molecule has 0 saturated heterocycles. The summed E-state index contributed by atoms with van der Waals surface area (Å²) in [5.41, 5.74) is 2.59. The van der Waals surface area contributed by atoms with Crippen molar-refractivity contribution < 1.29 is 4.79 Å². The number of nitrogens with zero attached hydrogens (tertiary/aromatic N) is 3. The summed E-state index contributed by atoms with van der Waals surface area (Å²) in [5, 5.41) is 9.86. The second-order valence-electron chi connectivity index (χ2n) is 5.70. The van der Waals surface area contributed by atoms with Crippen LogP contribution in [0.25, 0.3) is 11.4 Å². The number of aryl methyl sites for hydroxylation is 1. The van der Waals surface area contributed by atoms with Gasteiger partial charge in [-0.15, -0.1) is 0 Å². The van der Waals surface area contributed by atoms with Crippen LogP contribution in [0.3, 0.4) is 0 Å². The molecule has 0 radical (unpaired) electrons. The van der Waals surface area contributed by atoms with E-state index < -0.39 is 0 Å². The van der Waals surface area contributed by atoms with E-state index in [4.69, 9.17) is 0 Å². The van der Waals surface area contributed by atoms with Crippen LogP contribution in [0.1, 0.15) is 11.4 Å². The van der Waals surface area contributed by atoms with Gasteiger partial charge < -0.3 is 10.2 Å². The highest BCUT2D eigenvalue weighted by molar-refractivity contribution is 9.10. The van der Waals surface area contributed by atoms with E-state index in [1.807, 2.05) is 55.5 Å². The average molecular weight is 400 g/mol. The first-order valence-electron chi connectivity index (χ1n) is 7.78. The monoisotopic (exact) mass is 399 g/mol. The van der Waals surface area contributed by atoms with Crippen LogP contribution in [0.15, 0.2) is 53.0 Å². The third-order valence-electron chi connectivity index (χ3n) is 3.68. The van der Waals surface area contributed by atoms with E-state index in [0.717, 1.165) is 21.4 Å². The van der Waals surface area contributed by atoms with E-state index in [-0.39, 0.29) is 6.03 Å². The Bertz CT molecular complexity index is 892. The number of halogens is 1. The number of hydrogen-bond acceptors (Lipinski definition) is 3. The molecule has 0 fully saturated rings. The smallest absolute Gasteiger partial charge is 0.321 e. The lowest BCUT2D eigenvalue weighted by Crippen LogP contribution is -2.30. The molecule has 25 heavy (non-hydrogen) atoms. The molecule has 1 aromatic heterocycles. The summed E-state index contributed by atoms with van der Waals surface area (Å²) in [6, 6.07) is 15.1. The number of urea groups is 1. The van der Waals surface area contributed by atoms with Crippen molar-refractivity contribution in [2.45, 2.75) is 13.5 Å². The summed E-state index contributed by atoms with van der Waals surface area (Å²) in [5.74, 6) is 1.35. The van der Waals surface area contributed by atoms with Crippen LogP contribution < -0.4 is 5.32 Å². The molecular weight excluding hydrogens is 382 g/mol. The molecule has 0 unspecified atom stereocenters. The van der Waals surface area contributed by atoms with Crippen molar-refractivity contribution in [2.75, 3.05) is 12.4 Å². The third kappa shape index (κ3) is 4.24. The van der Waals surface area contributed by atoms with Gasteiger partial charge in [0.1, 0.15) is 5.82 Å². The Morgan fingerprint density at radius 1 is 1.24 bits per heavy atom. The number of aromatic nitrogens is 3. The molecule has 0 aliphatic carbocycles. The highest BCUT2D eigenvalue weighted by Crippen LogP contribution is 2.20. The molecule has 0 spiro atoms. The molecule has 0 aliphatic heterocycles. The average Bonchev–Trinajstić information content (AvgIpc) is 3.03. The summed E-state index contributed by atoms with van der Waals surface area (Å²) in [7, 11) is 1.76. The molecule has 128 valence electrons. The lowest BCUT2D eigenvalue weighted by Gasteiger charge is -2.19. The molecule has 6 nitrogen and oxygen atoms in total. The molecule has 2 N–H and O–H groups in total. The van der Waals surface area contributed by atoms with Crippen molar-refractivity contribution >= 4 is 27.6 Å². The summed E-state index contributed by atoms with van der Waals surface area (Å²) in [6.45, 7) is 2.35. The maximum Gasteiger partial charge on any atom is 0.321 e. The molecule has 0 saturated carbocycles. The van der Waals surface area contributed by atoms with Gasteiger partial charge in [-0.1, -0.05) is 46.3 Å². The predicted octanol–water partition coefficient (Wildman–Crippen LogP) is 4.21. The number of nitrogens with one attached hydrogen (secondary N) is 2. The topological polar surface area (TPSA) is 73.9 Å². The van der Waals surface area contributed by atoms with Gasteiger partial charge >= 0.3 is 6.03 Å². The molecule has 1 heterocycles. The van der Waals surface area contributed by atoms with Crippen molar-refractivity contribution in [2.24, 2.45) is 0 Å². The van der Waals surface area contributed by atoms with Gasteiger partial charge in [-0.3, -0.25) is 5.10 Å². The zero-order valence-corrected chi connectivity index (χ0v) is 15.5. The van der Waals surface area contributed by atoms with Crippen molar-refractivity contribution in [3.63, 3.8) is 0 Å². The number of H-pyrrole nitrogens is 1. The first-order chi connectivity index (χ1) is 12.0. The minimum atomic E-state index is -0.181. The molecule has 3 aromatic rings.